The van der Waals surface area contributed by atoms with E-state index < -0.39 is 18.0 Å². The summed E-state index contributed by atoms with van der Waals surface area (Å²) < 4.78 is 43.8. The van der Waals surface area contributed by atoms with Crippen molar-refractivity contribution in [2.24, 2.45) is 12.8 Å². The van der Waals surface area contributed by atoms with Crippen molar-refractivity contribution in [1.82, 2.24) is 14.8 Å². The third kappa shape index (κ3) is 4.27. The normalized spacial score (nSPS) is 11.4. The molecule has 0 saturated heterocycles. The van der Waals surface area contributed by atoms with Crippen molar-refractivity contribution in [2.75, 3.05) is 0 Å². The van der Waals surface area contributed by atoms with Crippen molar-refractivity contribution in [3.8, 4) is 28.5 Å². The zero-order chi connectivity index (χ0) is 19.8. The van der Waals surface area contributed by atoms with E-state index in [0.717, 1.165) is 28.2 Å². The Bertz CT molecular complexity index is 1000. The van der Waals surface area contributed by atoms with Crippen LogP contribution in [0.5, 0.6) is 5.75 Å². The zero-order valence-electron chi connectivity index (χ0n) is 13.8. The molecule has 3 aromatic rings. The van der Waals surface area contributed by atoms with Crippen LogP contribution in [0.15, 0.2) is 46.9 Å². The summed E-state index contributed by atoms with van der Waals surface area (Å²) in [5.74, 6) is -0.798. The maximum atomic E-state index is 12.5. The van der Waals surface area contributed by atoms with Crippen LogP contribution in [0.1, 0.15) is 10.4 Å². The van der Waals surface area contributed by atoms with Gasteiger partial charge in [0, 0.05) is 22.6 Å². The Morgan fingerprint density at radius 2 is 1.85 bits per heavy atom. The Morgan fingerprint density at radius 1 is 1.19 bits per heavy atom. The van der Waals surface area contributed by atoms with Crippen molar-refractivity contribution in [2.45, 2.75) is 6.36 Å². The SMILES string of the molecule is Cn1nc(-c2cc(OC(F)(F)F)ccc2C(N)=O)nc1-c1ccc(Br)cc1. The van der Waals surface area contributed by atoms with E-state index in [0.29, 0.717) is 5.82 Å². The molecule has 0 radical (unpaired) electrons. The first-order valence-electron chi connectivity index (χ1n) is 7.51. The lowest BCUT2D eigenvalue weighted by Gasteiger charge is -2.11. The lowest BCUT2D eigenvalue weighted by atomic mass is 10.1. The number of nitrogens with two attached hydrogens (primary N) is 1. The fraction of sp³-hybridized carbons (Fsp3) is 0.118. The summed E-state index contributed by atoms with van der Waals surface area (Å²) in [5.41, 5.74) is 6.10. The van der Waals surface area contributed by atoms with E-state index in [1.54, 1.807) is 19.2 Å². The number of rotatable bonds is 4. The summed E-state index contributed by atoms with van der Waals surface area (Å²) >= 11 is 3.34. The standard InChI is InChI=1S/C17H12BrF3N4O2/c1-25-16(9-2-4-10(18)5-3-9)23-15(24-25)13-8-11(27-17(19,20)21)6-7-12(13)14(22)26/h2-8H,1H3,(H2,22,26). The molecule has 1 aromatic heterocycles. The van der Waals surface area contributed by atoms with E-state index >= 15 is 0 Å². The summed E-state index contributed by atoms with van der Waals surface area (Å²) in [7, 11) is 1.63. The molecule has 2 N–H and O–H groups in total. The average molecular weight is 441 g/mol. The summed E-state index contributed by atoms with van der Waals surface area (Å²) in [6.45, 7) is 0. The van der Waals surface area contributed by atoms with Crippen molar-refractivity contribution in [1.29, 1.82) is 0 Å². The zero-order valence-corrected chi connectivity index (χ0v) is 15.4. The predicted octanol–water partition coefficient (Wildman–Crippen LogP) is 3.91. The number of aromatic nitrogens is 3. The molecule has 27 heavy (non-hydrogen) atoms. The molecule has 0 unspecified atom stereocenters. The van der Waals surface area contributed by atoms with Gasteiger partial charge in [-0.2, -0.15) is 5.10 Å². The average Bonchev–Trinajstić information content (AvgIpc) is 2.95. The number of primary amides is 1. The number of benzene rings is 2. The van der Waals surface area contributed by atoms with Crippen molar-refractivity contribution < 1.29 is 22.7 Å². The van der Waals surface area contributed by atoms with Crippen molar-refractivity contribution in [3.63, 3.8) is 0 Å². The third-order valence-corrected chi connectivity index (χ3v) is 4.13. The molecule has 1 amide bonds. The number of aryl methyl sites for hydroxylation is 1. The van der Waals surface area contributed by atoms with Crippen LogP contribution in [0, 0.1) is 0 Å². The minimum absolute atomic E-state index is 0.0162. The van der Waals surface area contributed by atoms with Gasteiger partial charge in [-0.1, -0.05) is 28.1 Å². The van der Waals surface area contributed by atoms with Crippen LogP contribution in [-0.4, -0.2) is 27.0 Å². The Hall–Kier alpha value is -2.88. The van der Waals surface area contributed by atoms with E-state index in [4.69, 9.17) is 5.73 Å². The van der Waals surface area contributed by atoms with Crippen LogP contribution in [0.3, 0.4) is 0 Å². The van der Waals surface area contributed by atoms with E-state index in [9.17, 15) is 18.0 Å². The van der Waals surface area contributed by atoms with Gasteiger partial charge in [0.25, 0.3) is 0 Å². The minimum Gasteiger partial charge on any atom is -0.406 e. The van der Waals surface area contributed by atoms with Gasteiger partial charge in [-0.05, 0) is 30.3 Å². The lowest BCUT2D eigenvalue weighted by Crippen LogP contribution is -2.18. The molecular weight excluding hydrogens is 429 g/mol. The number of halogens is 4. The van der Waals surface area contributed by atoms with E-state index in [-0.39, 0.29) is 17.0 Å². The quantitative estimate of drug-likeness (QED) is 0.666. The van der Waals surface area contributed by atoms with Crippen LogP contribution in [-0.2, 0) is 7.05 Å². The predicted molar refractivity (Wildman–Crippen MR) is 94.8 cm³/mol. The first-order chi connectivity index (χ1) is 12.6. The molecule has 0 spiro atoms. The van der Waals surface area contributed by atoms with Crippen molar-refractivity contribution in [3.05, 3.63) is 52.5 Å². The van der Waals surface area contributed by atoms with Crippen LogP contribution in [0.4, 0.5) is 13.2 Å². The fourth-order valence-electron chi connectivity index (χ4n) is 2.47. The second kappa shape index (κ2) is 7.03. The number of ether oxygens (including phenoxy) is 1. The number of nitrogens with zero attached hydrogens (tertiary/aromatic N) is 3. The molecule has 3 rings (SSSR count). The number of alkyl halides is 3. The summed E-state index contributed by atoms with van der Waals surface area (Å²) in [5, 5.41) is 4.21. The summed E-state index contributed by atoms with van der Waals surface area (Å²) in [6, 6.07) is 10.4. The molecule has 0 saturated carbocycles. The maximum Gasteiger partial charge on any atom is 0.573 e. The van der Waals surface area contributed by atoms with E-state index in [1.807, 2.05) is 12.1 Å². The van der Waals surface area contributed by atoms with Gasteiger partial charge in [0.15, 0.2) is 11.6 Å². The molecule has 0 aliphatic rings. The van der Waals surface area contributed by atoms with Crippen LogP contribution in [0.2, 0.25) is 0 Å². The molecule has 2 aromatic carbocycles. The van der Waals surface area contributed by atoms with Gasteiger partial charge in [-0.25, -0.2) is 9.67 Å². The topological polar surface area (TPSA) is 83.0 Å². The molecule has 0 bridgehead atoms. The summed E-state index contributed by atoms with van der Waals surface area (Å²) in [6.07, 6.45) is -4.87. The van der Waals surface area contributed by atoms with Gasteiger partial charge >= 0.3 is 6.36 Å². The number of amides is 1. The van der Waals surface area contributed by atoms with Gasteiger partial charge in [-0.3, -0.25) is 4.79 Å². The Kier molecular flexibility index (Phi) is 4.92. The summed E-state index contributed by atoms with van der Waals surface area (Å²) in [4.78, 5) is 16.0. The first kappa shape index (κ1) is 18.9. The number of carbonyl (C=O) groups is 1. The van der Waals surface area contributed by atoms with Crippen LogP contribution < -0.4 is 10.5 Å². The second-order valence-corrected chi connectivity index (χ2v) is 6.42. The molecule has 0 atom stereocenters. The van der Waals surface area contributed by atoms with Gasteiger partial charge in [0.2, 0.25) is 5.91 Å². The highest BCUT2D eigenvalue weighted by Crippen LogP contribution is 2.31. The van der Waals surface area contributed by atoms with Gasteiger partial charge in [-0.15, -0.1) is 13.2 Å². The molecule has 0 aliphatic carbocycles. The molecule has 0 aliphatic heterocycles. The van der Waals surface area contributed by atoms with Gasteiger partial charge in [0.1, 0.15) is 5.75 Å². The Labute approximate surface area is 159 Å². The van der Waals surface area contributed by atoms with E-state index in [2.05, 4.69) is 30.7 Å². The molecule has 10 heteroatoms. The van der Waals surface area contributed by atoms with Crippen LogP contribution >= 0.6 is 15.9 Å². The molecule has 0 fully saturated rings. The monoisotopic (exact) mass is 440 g/mol. The molecule has 1 heterocycles. The van der Waals surface area contributed by atoms with Gasteiger partial charge in [0.05, 0.1) is 5.56 Å². The third-order valence-electron chi connectivity index (χ3n) is 3.60. The Morgan fingerprint density at radius 3 is 2.44 bits per heavy atom. The second-order valence-electron chi connectivity index (χ2n) is 5.51. The van der Waals surface area contributed by atoms with E-state index in [1.165, 1.54) is 4.68 Å². The number of hydrogen-bond donors (Lipinski definition) is 1. The molecule has 6 nitrogen and oxygen atoms in total. The highest BCUT2D eigenvalue weighted by atomic mass is 79.9. The van der Waals surface area contributed by atoms with Gasteiger partial charge < -0.3 is 10.5 Å². The number of hydrogen-bond acceptors (Lipinski definition) is 4. The Balaban J connectivity index is 2.09. The first-order valence-corrected chi connectivity index (χ1v) is 8.30. The smallest absolute Gasteiger partial charge is 0.406 e. The minimum atomic E-state index is -4.87. The fourth-order valence-corrected chi connectivity index (χ4v) is 2.73. The molecular formula is C17H12BrF3N4O2. The lowest BCUT2D eigenvalue weighted by molar-refractivity contribution is -0.274. The highest BCUT2D eigenvalue weighted by Gasteiger charge is 2.31. The van der Waals surface area contributed by atoms with Crippen molar-refractivity contribution >= 4 is 21.8 Å². The highest BCUT2D eigenvalue weighted by molar-refractivity contribution is 9.10. The largest absolute Gasteiger partial charge is 0.573 e. The van der Waals surface area contributed by atoms with Crippen LogP contribution in [0.25, 0.3) is 22.8 Å². The maximum absolute atomic E-state index is 12.5. The molecule has 140 valence electrons. The number of carbonyl (C=O) groups excluding carboxylic acids is 1.